The Bertz CT molecular complexity index is 1000. The lowest BCUT2D eigenvalue weighted by molar-refractivity contribution is -0.141. The fourth-order valence-electron chi connectivity index (χ4n) is 3.03. The van der Waals surface area contributed by atoms with Crippen LogP contribution in [0.15, 0.2) is 40.6 Å². The summed E-state index contributed by atoms with van der Waals surface area (Å²) in [5.41, 5.74) is 1.35. The molecule has 0 aliphatic heterocycles. The molecule has 1 aromatic heterocycles. The number of hydrogen-bond acceptors (Lipinski definition) is 6. The van der Waals surface area contributed by atoms with E-state index in [0.717, 1.165) is 5.56 Å². The van der Waals surface area contributed by atoms with Crippen LogP contribution in [0.2, 0.25) is 0 Å². The summed E-state index contributed by atoms with van der Waals surface area (Å²) >= 11 is 1.34. The van der Waals surface area contributed by atoms with E-state index in [4.69, 9.17) is 0 Å². The number of carbonyl (C=O) groups excluding carboxylic acids is 1. The highest BCUT2D eigenvalue weighted by molar-refractivity contribution is 7.93. The van der Waals surface area contributed by atoms with Crippen molar-refractivity contribution in [2.24, 2.45) is 0 Å². The predicted octanol–water partition coefficient (Wildman–Crippen LogP) is 3.86. The van der Waals surface area contributed by atoms with Gasteiger partial charge in [-0.1, -0.05) is 12.1 Å². The normalized spacial score (nSPS) is 14.8. The second-order valence-corrected chi connectivity index (χ2v) is 9.07. The Balaban J connectivity index is 1.83. The number of nitrogens with one attached hydrogen (secondary N) is 1. The first-order chi connectivity index (χ1) is 13.8. The van der Waals surface area contributed by atoms with Crippen LogP contribution in [0.1, 0.15) is 34.9 Å². The first-order valence-corrected chi connectivity index (χ1v) is 11.1. The summed E-state index contributed by atoms with van der Waals surface area (Å²) in [6, 6.07) is 7.18. The van der Waals surface area contributed by atoms with E-state index in [0.29, 0.717) is 16.9 Å². The lowest BCUT2D eigenvalue weighted by atomic mass is 9.97. The average Bonchev–Trinajstić information content (AvgIpc) is 3.21. The molecule has 0 amide bonds. The topological polar surface area (TPSA) is 81.7 Å². The number of carbonyl (C=O) groups is 1. The third-order valence-electron chi connectivity index (χ3n) is 4.42. The number of sulfonamides is 1. The van der Waals surface area contributed by atoms with Gasteiger partial charge in [0.1, 0.15) is 5.75 Å². The van der Waals surface area contributed by atoms with Gasteiger partial charge in [0.25, 0.3) is 0 Å². The molecule has 0 radical (unpaired) electrons. The summed E-state index contributed by atoms with van der Waals surface area (Å²) in [5, 5.41) is 1.79. The molecule has 156 valence electrons. The summed E-state index contributed by atoms with van der Waals surface area (Å²) in [6.07, 6.45) is 1.95. The molecule has 0 saturated heterocycles. The Morgan fingerprint density at radius 1 is 1.28 bits per heavy atom. The minimum atomic E-state index is -3.88. The van der Waals surface area contributed by atoms with Crippen LogP contribution in [-0.2, 0) is 26.0 Å². The van der Waals surface area contributed by atoms with Crippen LogP contribution >= 0.6 is 11.3 Å². The predicted molar refractivity (Wildman–Crippen MR) is 105 cm³/mol. The van der Waals surface area contributed by atoms with Crippen molar-refractivity contribution < 1.29 is 31.5 Å². The summed E-state index contributed by atoms with van der Waals surface area (Å²) in [5.74, 6) is -0.493. The van der Waals surface area contributed by atoms with E-state index in [-0.39, 0.29) is 23.5 Å². The Morgan fingerprint density at radius 3 is 2.72 bits per heavy atom. The van der Waals surface area contributed by atoms with Crippen LogP contribution in [-0.4, -0.2) is 28.1 Å². The van der Waals surface area contributed by atoms with Crippen LogP contribution < -0.4 is 9.46 Å². The number of esters is 1. The molecule has 2 aromatic rings. The van der Waals surface area contributed by atoms with Gasteiger partial charge in [-0.05, 0) is 53.6 Å². The van der Waals surface area contributed by atoms with Gasteiger partial charge < -0.3 is 9.47 Å². The quantitative estimate of drug-likeness (QED) is 0.627. The van der Waals surface area contributed by atoms with E-state index in [2.05, 4.69) is 14.2 Å². The van der Waals surface area contributed by atoms with Crippen molar-refractivity contribution in [2.45, 2.75) is 31.9 Å². The van der Waals surface area contributed by atoms with Gasteiger partial charge in [-0.25, -0.2) is 13.1 Å². The molecular weight excluding hydrogens is 424 g/mol. The number of ether oxygens (including phenoxy) is 2. The van der Waals surface area contributed by atoms with E-state index in [1.54, 1.807) is 23.6 Å². The van der Waals surface area contributed by atoms with Crippen molar-refractivity contribution in [2.75, 3.05) is 7.11 Å². The number of halogens is 2. The summed E-state index contributed by atoms with van der Waals surface area (Å²) < 4.78 is 62.3. The fraction of sp³-hybridized carbons (Fsp3) is 0.316. The first kappa shape index (κ1) is 21.4. The van der Waals surface area contributed by atoms with E-state index >= 15 is 0 Å². The van der Waals surface area contributed by atoms with Gasteiger partial charge in [0, 0.05) is 4.88 Å². The molecule has 1 aliphatic carbocycles. The zero-order valence-electron chi connectivity index (χ0n) is 15.4. The van der Waals surface area contributed by atoms with Crippen LogP contribution in [0, 0.1) is 0 Å². The number of benzene rings is 1. The standard InChI is InChI=1S/C19H19F2NO5S2/c1-26-18(23)11-16(17-3-2-8-28-17)22-29(24,25)15-7-5-12-9-14(27-19(20)21)6-4-13(12)10-15/h2-4,6,8-10,16,19,22H,5,7,11H2,1H3. The average molecular weight is 443 g/mol. The molecule has 1 heterocycles. The van der Waals surface area contributed by atoms with Gasteiger partial charge in [0.2, 0.25) is 10.0 Å². The number of alkyl halides is 2. The zero-order chi connectivity index (χ0) is 21.0. The molecule has 0 fully saturated rings. The number of thiophene rings is 1. The molecule has 6 nitrogen and oxygen atoms in total. The van der Waals surface area contributed by atoms with Gasteiger partial charge in [0.15, 0.2) is 0 Å². The molecular formula is C19H19F2NO5S2. The second kappa shape index (κ2) is 9.02. The molecule has 1 aromatic carbocycles. The Hall–Kier alpha value is -2.30. The number of rotatable bonds is 8. The van der Waals surface area contributed by atoms with Crippen molar-refractivity contribution >= 4 is 33.4 Å². The molecule has 1 aliphatic rings. The van der Waals surface area contributed by atoms with Gasteiger partial charge in [-0.15, -0.1) is 11.3 Å². The summed E-state index contributed by atoms with van der Waals surface area (Å²) in [7, 11) is -2.63. The maximum Gasteiger partial charge on any atom is 0.387 e. The third-order valence-corrected chi connectivity index (χ3v) is 7.02. The molecule has 29 heavy (non-hydrogen) atoms. The highest BCUT2D eigenvalue weighted by atomic mass is 32.2. The fourth-order valence-corrected chi connectivity index (χ4v) is 5.28. The number of hydrogen-bond donors (Lipinski definition) is 1. The highest BCUT2D eigenvalue weighted by Gasteiger charge is 2.28. The van der Waals surface area contributed by atoms with Crippen LogP contribution in [0.3, 0.4) is 0 Å². The highest BCUT2D eigenvalue weighted by Crippen LogP contribution is 2.32. The maximum atomic E-state index is 12.9. The first-order valence-electron chi connectivity index (χ1n) is 8.69. The number of fused-ring (bicyclic) bond motifs is 1. The van der Waals surface area contributed by atoms with E-state index in [1.807, 2.05) is 0 Å². The van der Waals surface area contributed by atoms with Crippen LogP contribution in [0.25, 0.3) is 6.08 Å². The number of allylic oxidation sites excluding steroid dienone is 1. The van der Waals surface area contributed by atoms with Crippen molar-refractivity contribution in [1.82, 2.24) is 4.72 Å². The molecule has 1 unspecified atom stereocenters. The SMILES string of the molecule is COC(=O)CC(NS(=O)(=O)C1=Cc2ccc(OC(F)F)cc2CC1)c1cccs1. The Labute approximate surface area is 171 Å². The number of methoxy groups -OCH3 is 1. The molecule has 10 heteroatoms. The smallest absolute Gasteiger partial charge is 0.387 e. The van der Waals surface area contributed by atoms with E-state index < -0.39 is 28.6 Å². The maximum absolute atomic E-state index is 12.9. The van der Waals surface area contributed by atoms with Crippen molar-refractivity contribution in [3.05, 3.63) is 56.6 Å². The monoisotopic (exact) mass is 443 g/mol. The molecule has 0 bridgehead atoms. The van der Waals surface area contributed by atoms with E-state index in [1.165, 1.54) is 36.7 Å². The van der Waals surface area contributed by atoms with Crippen LogP contribution in [0.4, 0.5) is 8.78 Å². The van der Waals surface area contributed by atoms with Gasteiger partial charge in [-0.3, -0.25) is 4.79 Å². The zero-order valence-corrected chi connectivity index (χ0v) is 17.1. The minimum absolute atomic E-state index is 0.0346. The van der Waals surface area contributed by atoms with Gasteiger partial charge >= 0.3 is 12.6 Å². The van der Waals surface area contributed by atoms with Gasteiger partial charge in [-0.2, -0.15) is 8.78 Å². The molecule has 1 atom stereocenters. The molecule has 3 rings (SSSR count). The van der Waals surface area contributed by atoms with Crippen molar-refractivity contribution in [3.8, 4) is 5.75 Å². The van der Waals surface area contributed by atoms with E-state index in [9.17, 15) is 22.0 Å². The van der Waals surface area contributed by atoms with Crippen LogP contribution in [0.5, 0.6) is 5.75 Å². The largest absolute Gasteiger partial charge is 0.469 e. The minimum Gasteiger partial charge on any atom is -0.469 e. The Morgan fingerprint density at radius 2 is 2.07 bits per heavy atom. The second-order valence-electron chi connectivity index (χ2n) is 6.32. The third kappa shape index (κ3) is 5.40. The summed E-state index contributed by atoms with van der Waals surface area (Å²) in [4.78, 5) is 12.6. The van der Waals surface area contributed by atoms with Crippen molar-refractivity contribution in [1.29, 1.82) is 0 Å². The van der Waals surface area contributed by atoms with Gasteiger partial charge in [0.05, 0.1) is 24.5 Å². The molecule has 0 spiro atoms. The molecule has 1 N–H and O–H groups in total. The lowest BCUT2D eigenvalue weighted by Crippen LogP contribution is -2.31. The molecule has 0 saturated carbocycles. The lowest BCUT2D eigenvalue weighted by Gasteiger charge is -2.21. The van der Waals surface area contributed by atoms with Crippen molar-refractivity contribution in [3.63, 3.8) is 0 Å². The number of aryl methyl sites for hydroxylation is 1. The summed E-state index contributed by atoms with van der Waals surface area (Å²) in [6.45, 7) is -2.92. The Kier molecular flexibility index (Phi) is 6.66.